The Hall–Kier alpha value is -2.63. The van der Waals surface area contributed by atoms with Crippen LogP contribution in [0.25, 0.3) is 11.0 Å². The number of amides is 1. The standard InChI is InChI=1S/C22H29N5O/c1-3-12-27-20-10-9-18(24-22(28)17-7-5-4-6-8-17)14-19(20)25-21(27)15-26-13-11-23-16(26)2/h9-11,13-14,17H,3-8,12,15H2,1-2H3,(H,24,28). The Kier molecular flexibility index (Phi) is 5.46. The van der Waals surface area contributed by atoms with Crippen LogP contribution in [0.2, 0.25) is 0 Å². The van der Waals surface area contributed by atoms with Crippen molar-refractivity contribution in [1.82, 2.24) is 19.1 Å². The van der Waals surface area contributed by atoms with Crippen molar-refractivity contribution >= 4 is 22.6 Å². The van der Waals surface area contributed by atoms with Gasteiger partial charge in [-0.2, -0.15) is 0 Å². The van der Waals surface area contributed by atoms with Gasteiger partial charge in [-0.05, 0) is 44.4 Å². The highest BCUT2D eigenvalue weighted by Crippen LogP contribution is 2.26. The molecule has 28 heavy (non-hydrogen) atoms. The maximum atomic E-state index is 12.6. The molecule has 0 aliphatic heterocycles. The fraction of sp³-hybridized carbons (Fsp3) is 0.500. The number of benzene rings is 1. The number of aryl methyl sites for hydroxylation is 2. The maximum absolute atomic E-state index is 12.6. The normalized spacial score (nSPS) is 15.2. The molecule has 1 aliphatic carbocycles. The fourth-order valence-corrected chi connectivity index (χ4v) is 4.18. The molecule has 0 saturated heterocycles. The molecule has 1 fully saturated rings. The SMILES string of the molecule is CCCn1c(Cn2ccnc2C)nc2cc(NC(=O)C3CCCCC3)ccc21. The maximum Gasteiger partial charge on any atom is 0.227 e. The third-order valence-corrected chi connectivity index (χ3v) is 5.75. The summed E-state index contributed by atoms with van der Waals surface area (Å²) in [5.41, 5.74) is 2.89. The van der Waals surface area contributed by atoms with E-state index in [1.54, 1.807) is 0 Å². The zero-order valence-corrected chi connectivity index (χ0v) is 16.8. The van der Waals surface area contributed by atoms with Crippen LogP contribution in [0.15, 0.2) is 30.6 Å². The van der Waals surface area contributed by atoms with Crippen LogP contribution in [0.3, 0.4) is 0 Å². The number of fused-ring (bicyclic) bond motifs is 1. The molecule has 0 atom stereocenters. The Morgan fingerprint density at radius 3 is 2.79 bits per heavy atom. The number of anilines is 1. The zero-order valence-electron chi connectivity index (χ0n) is 16.8. The average molecular weight is 380 g/mol. The molecule has 0 radical (unpaired) electrons. The van der Waals surface area contributed by atoms with Crippen LogP contribution >= 0.6 is 0 Å². The summed E-state index contributed by atoms with van der Waals surface area (Å²) in [5.74, 6) is 2.31. The van der Waals surface area contributed by atoms with Gasteiger partial charge in [-0.1, -0.05) is 26.2 Å². The number of rotatable bonds is 6. The lowest BCUT2D eigenvalue weighted by atomic mass is 9.88. The first kappa shape index (κ1) is 18.7. The van der Waals surface area contributed by atoms with E-state index < -0.39 is 0 Å². The molecule has 6 heteroatoms. The highest BCUT2D eigenvalue weighted by Gasteiger charge is 2.21. The van der Waals surface area contributed by atoms with Crippen molar-refractivity contribution in [2.45, 2.75) is 65.5 Å². The molecule has 0 bridgehead atoms. The quantitative estimate of drug-likeness (QED) is 0.685. The van der Waals surface area contributed by atoms with Gasteiger partial charge in [0.25, 0.3) is 0 Å². The van der Waals surface area contributed by atoms with E-state index in [4.69, 9.17) is 4.98 Å². The van der Waals surface area contributed by atoms with Gasteiger partial charge in [0.1, 0.15) is 11.6 Å². The monoisotopic (exact) mass is 379 g/mol. The van der Waals surface area contributed by atoms with Crippen LogP contribution in [0.4, 0.5) is 5.69 Å². The van der Waals surface area contributed by atoms with Crippen LogP contribution in [-0.4, -0.2) is 25.0 Å². The minimum absolute atomic E-state index is 0.154. The summed E-state index contributed by atoms with van der Waals surface area (Å²) >= 11 is 0. The second kappa shape index (κ2) is 8.17. The third-order valence-electron chi connectivity index (χ3n) is 5.75. The molecule has 2 heterocycles. The number of carbonyl (C=O) groups excluding carboxylic acids is 1. The molecule has 1 amide bonds. The number of nitrogens with zero attached hydrogens (tertiary/aromatic N) is 4. The predicted octanol–water partition coefficient (Wildman–Crippen LogP) is 4.52. The van der Waals surface area contributed by atoms with Gasteiger partial charge in [-0.25, -0.2) is 9.97 Å². The molecule has 0 unspecified atom stereocenters. The topological polar surface area (TPSA) is 64.7 Å². The van der Waals surface area contributed by atoms with Gasteiger partial charge in [0.15, 0.2) is 0 Å². The molecule has 2 aromatic heterocycles. The first-order valence-corrected chi connectivity index (χ1v) is 10.4. The molecule has 3 aromatic rings. The van der Waals surface area contributed by atoms with E-state index in [1.807, 2.05) is 31.5 Å². The summed E-state index contributed by atoms with van der Waals surface area (Å²) in [6.07, 6.45) is 10.4. The summed E-state index contributed by atoms with van der Waals surface area (Å²) in [6.45, 7) is 5.81. The van der Waals surface area contributed by atoms with Gasteiger partial charge in [0.05, 0.1) is 17.6 Å². The van der Waals surface area contributed by atoms with Crippen LogP contribution in [-0.2, 0) is 17.9 Å². The van der Waals surface area contributed by atoms with Gasteiger partial charge in [-0.3, -0.25) is 4.79 Å². The summed E-state index contributed by atoms with van der Waals surface area (Å²) in [5, 5.41) is 3.12. The van der Waals surface area contributed by atoms with Crippen molar-refractivity contribution in [3.05, 3.63) is 42.2 Å². The van der Waals surface area contributed by atoms with E-state index in [9.17, 15) is 4.79 Å². The smallest absolute Gasteiger partial charge is 0.227 e. The summed E-state index contributed by atoms with van der Waals surface area (Å²) < 4.78 is 4.39. The molecule has 4 rings (SSSR count). The van der Waals surface area contributed by atoms with E-state index in [1.165, 1.54) is 6.42 Å². The van der Waals surface area contributed by atoms with Crippen molar-refractivity contribution in [2.24, 2.45) is 5.92 Å². The van der Waals surface area contributed by atoms with E-state index in [-0.39, 0.29) is 11.8 Å². The Balaban J connectivity index is 1.60. The fourth-order valence-electron chi connectivity index (χ4n) is 4.18. The van der Waals surface area contributed by atoms with Crippen molar-refractivity contribution in [2.75, 3.05) is 5.32 Å². The minimum atomic E-state index is 0.154. The van der Waals surface area contributed by atoms with Gasteiger partial charge < -0.3 is 14.5 Å². The van der Waals surface area contributed by atoms with Crippen molar-refractivity contribution in [3.63, 3.8) is 0 Å². The van der Waals surface area contributed by atoms with E-state index in [0.29, 0.717) is 6.54 Å². The number of hydrogen-bond donors (Lipinski definition) is 1. The molecular weight excluding hydrogens is 350 g/mol. The first-order valence-electron chi connectivity index (χ1n) is 10.4. The third kappa shape index (κ3) is 3.81. The molecule has 1 saturated carbocycles. The van der Waals surface area contributed by atoms with Crippen LogP contribution < -0.4 is 5.32 Å². The summed E-state index contributed by atoms with van der Waals surface area (Å²) in [7, 11) is 0. The Morgan fingerprint density at radius 1 is 1.25 bits per heavy atom. The van der Waals surface area contributed by atoms with Gasteiger partial charge in [0.2, 0.25) is 5.91 Å². The van der Waals surface area contributed by atoms with Crippen molar-refractivity contribution < 1.29 is 4.79 Å². The molecule has 1 aliphatic rings. The van der Waals surface area contributed by atoms with Crippen LogP contribution in [0, 0.1) is 12.8 Å². The molecule has 1 aromatic carbocycles. The molecule has 0 spiro atoms. The predicted molar refractivity (Wildman–Crippen MR) is 111 cm³/mol. The number of carbonyl (C=O) groups is 1. The number of aromatic nitrogens is 4. The lowest BCUT2D eigenvalue weighted by Gasteiger charge is -2.20. The lowest BCUT2D eigenvalue weighted by molar-refractivity contribution is -0.120. The minimum Gasteiger partial charge on any atom is -0.328 e. The van der Waals surface area contributed by atoms with Gasteiger partial charge in [0, 0.05) is 30.5 Å². The highest BCUT2D eigenvalue weighted by atomic mass is 16.1. The Labute approximate surface area is 166 Å². The zero-order chi connectivity index (χ0) is 19.5. The molecule has 6 nitrogen and oxygen atoms in total. The number of imidazole rings is 2. The van der Waals surface area contributed by atoms with Crippen molar-refractivity contribution in [1.29, 1.82) is 0 Å². The number of nitrogens with one attached hydrogen (secondary N) is 1. The Morgan fingerprint density at radius 2 is 2.07 bits per heavy atom. The van der Waals surface area contributed by atoms with Gasteiger partial charge in [-0.15, -0.1) is 0 Å². The second-order valence-electron chi connectivity index (χ2n) is 7.81. The lowest BCUT2D eigenvalue weighted by Crippen LogP contribution is -2.24. The molecule has 1 N–H and O–H groups in total. The summed E-state index contributed by atoms with van der Waals surface area (Å²) in [4.78, 5) is 21.8. The van der Waals surface area contributed by atoms with E-state index in [2.05, 4.69) is 32.4 Å². The highest BCUT2D eigenvalue weighted by molar-refractivity contribution is 5.94. The van der Waals surface area contributed by atoms with E-state index in [0.717, 1.165) is 67.0 Å². The largest absolute Gasteiger partial charge is 0.328 e. The Bertz CT molecular complexity index is 965. The average Bonchev–Trinajstić information content (AvgIpc) is 3.26. The molecule has 148 valence electrons. The van der Waals surface area contributed by atoms with Gasteiger partial charge >= 0.3 is 0 Å². The van der Waals surface area contributed by atoms with Crippen LogP contribution in [0.5, 0.6) is 0 Å². The van der Waals surface area contributed by atoms with Crippen LogP contribution in [0.1, 0.15) is 57.1 Å². The second-order valence-corrected chi connectivity index (χ2v) is 7.81. The first-order chi connectivity index (χ1) is 13.7. The number of hydrogen-bond acceptors (Lipinski definition) is 3. The molecular formula is C22H29N5O. The summed E-state index contributed by atoms with van der Waals surface area (Å²) in [6, 6.07) is 6.09. The van der Waals surface area contributed by atoms with Crippen molar-refractivity contribution in [3.8, 4) is 0 Å². The van der Waals surface area contributed by atoms with E-state index >= 15 is 0 Å².